The summed E-state index contributed by atoms with van der Waals surface area (Å²) in [7, 11) is 1.68. The molecule has 0 unspecified atom stereocenters. The standard InChI is InChI=1S/C17H27NO2/c1-13(2)14-8-10-17(12-19,11-9-14)18-15-6-4-5-7-16(15)20-3/h4-7,13-14,18-19H,8-12H2,1-3H3. The number of anilines is 1. The third-order valence-corrected chi connectivity index (χ3v) is 4.74. The van der Waals surface area contributed by atoms with Gasteiger partial charge in [-0.3, -0.25) is 0 Å². The van der Waals surface area contributed by atoms with E-state index in [2.05, 4.69) is 19.2 Å². The van der Waals surface area contributed by atoms with Gasteiger partial charge in [0.1, 0.15) is 5.75 Å². The van der Waals surface area contributed by atoms with E-state index in [1.165, 1.54) is 12.8 Å². The average molecular weight is 277 g/mol. The molecular weight excluding hydrogens is 250 g/mol. The van der Waals surface area contributed by atoms with Crippen molar-refractivity contribution in [1.82, 2.24) is 0 Å². The van der Waals surface area contributed by atoms with Crippen molar-refractivity contribution in [3.63, 3.8) is 0 Å². The van der Waals surface area contributed by atoms with Gasteiger partial charge in [0, 0.05) is 0 Å². The lowest BCUT2D eigenvalue weighted by atomic mass is 9.73. The Morgan fingerprint density at radius 1 is 1.30 bits per heavy atom. The van der Waals surface area contributed by atoms with Gasteiger partial charge in [-0.25, -0.2) is 0 Å². The first-order valence-corrected chi connectivity index (χ1v) is 7.62. The van der Waals surface area contributed by atoms with Crippen LogP contribution in [0.1, 0.15) is 39.5 Å². The minimum Gasteiger partial charge on any atom is -0.495 e. The number of nitrogens with one attached hydrogen (secondary N) is 1. The number of benzene rings is 1. The van der Waals surface area contributed by atoms with Crippen molar-refractivity contribution in [2.24, 2.45) is 11.8 Å². The van der Waals surface area contributed by atoms with Gasteiger partial charge in [-0.05, 0) is 49.7 Å². The molecule has 1 aromatic rings. The highest BCUT2D eigenvalue weighted by molar-refractivity contribution is 5.57. The van der Waals surface area contributed by atoms with Crippen LogP contribution in [0.3, 0.4) is 0 Å². The lowest BCUT2D eigenvalue weighted by molar-refractivity contribution is 0.136. The first-order valence-electron chi connectivity index (χ1n) is 7.62. The van der Waals surface area contributed by atoms with Crippen molar-refractivity contribution in [3.05, 3.63) is 24.3 Å². The lowest BCUT2D eigenvalue weighted by Crippen LogP contribution is -2.45. The summed E-state index contributed by atoms with van der Waals surface area (Å²) < 4.78 is 5.39. The molecule has 0 spiro atoms. The van der Waals surface area contributed by atoms with Gasteiger partial charge in [-0.2, -0.15) is 0 Å². The molecule has 1 aliphatic carbocycles. The largest absolute Gasteiger partial charge is 0.495 e. The fourth-order valence-electron chi connectivity index (χ4n) is 3.22. The van der Waals surface area contributed by atoms with Gasteiger partial charge in [0.15, 0.2) is 0 Å². The van der Waals surface area contributed by atoms with Crippen molar-refractivity contribution in [1.29, 1.82) is 0 Å². The van der Waals surface area contributed by atoms with E-state index in [9.17, 15) is 5.11 Å². The van der Waals surface area contributed by atoms with Crippen molar-refractivity contribution < 1.29 is 9.84 Å². The van der Waals surface area contributed by atoms with Gasteiger partial charge >= 0.3 is 0 Å². The summed E-state index contributed by atoms with van der Waals surface area (Å²) in [5, 5.41) is 13.4. The smallest absolute Gasteiger partial charge is 0.141 e. The Balaban J connectivity index is 2.09. The zero-order chi connectivity index (χ0) is 14.6. The minimum absolute atomic E-state index is 0.176. The highest BCUT2D eigenvalue weighted by Gasteiger charge is 2.36. The van der Waals surface area contributed by atoms with E-state index in [-0.39, 0.29) is 12.1 Å². The molecule has 0 saturated heterocycles. The first-order chi connectivity index (χ1) is 9.60. The fraction of sp³-hybridized carbons (Fsp3) is 0.647. The van der Waals surface area contributed by atoms with Crippen molar-refractivity contribution >= 4 is 5.69 Å². The number of ether oxygens (including phenoxy) is 1. The fourth-order valence-corrected chi connectivity index (χ4v) is 3.22. The van der Waals surface area contributed by atoms with Crippen LogP contribution >= 0.6 is 0 Å². The third kappa shape index (κ3) is 3.26. The van der Waals surface area contributed by atoms with Crippen LogP contribution in [0.25, 0.3) is 0 Å². The topological polar surface area (TPSA) is 41.5 Å². The van der Waals surface area contributed by atoms with E-state index in [1.54, 1.807) is 7.11 Å². The van der Waals surface area contributed by atoms with Crippen LogP contribution in [-0.4, -0.2) is 24.4 Å². The molecule has 0 radical (unpaired) electrons. The highest BCUT2D eigenvalue weighted by Crippen LogP contribution is 2.39. The summed E-state index contributed by atoms with van der Waals surface area (Å²) in [6.45, 7) is 4.77. The van der Waals surface area contributed by atoms with E-state index in [0.717, 1.165) is 36.1 Å². The summed E-state index contributed by atoms with van der Waals surface area (Å²) in [5.41, 5.74) is 0.784. The van der Waals surface area contributed by atoms with Gasteiger partial charge < -0.3 is 15.2 Å². The van der Waals surface area contributed by atoms with Crippen LogP contribution in [0.2, 0.25) is 0 Å². The van der Waals surface area contributed by atoms with Gasteiger partial charge in [-0.15, -0.1) is 0 Å². The van der Waals surface area contributed by atoms with Crippen LogP contribution in [0, 0.1) is 11.8 Å². The Hall–Kier alpha value is -1.22. The van der Waals surface area contributed by atoms with E-state index >= 15 is 0 Å². The van der Waals surface area contributed by atoms with Gasteiger partial charge in [0.05, 0.1) is 24.9 Å². The quantitative estimate of drug-likeness (QED) is 0.862. The van der Waals surface area contributed by atoms with Crippen LogP contribution in [0.5, 0.6) is 5.75 Å². The second kappa shape index (κ2) is 6.49. The molecule has 112 valence electrons. The molecule has 1 aromatic carbocycles. The zero-order valence-electron chi connectivity index (χ0n) is 12.9. The summed E-state index contributed by atoms with van der Waals surface area (Å²) in [4.78, 5) is 0. The van der Waals surface area contributed by atoms with Gasteiger partial charge in [-0.1, -0.05) is 26.0 Å². The monoisotopic (exact) mass is 277 g/mol. The second-order valence-corrected chi connectivity index (χ2v) is 6.35. The zero-order valence-corrected chi connectivity index (χ0v) is 12.9. The maximum atomic E-state index is 9.89. The van der Waals surface area contributed by atoms with Crippen molar-refractivity contribution in [2.75, 3.05) is 19.0 Å². The Morgan fingerprint density at radius 2 is 1.95 bits per heavy atom. The molecule has 2 rings (SSSR count). The number of hydrogen-bond acceptors (Lipinski definition) is 3. The Kier molecular flexibility index (Phi) is 4.92. The molecular formula is C17H27NO2. The third-order valence-electron chi connectivity index (χ3n) is 4.74. The number of hydrogen-bond donors (Lipinski definition) is 2. The maximum absolute atomic E-state index is 9.89. The van der Waals surface area contributed by atoms with E-state index in [0.29, 0.717) is 0 Å². The van der Waals surface area contributed by atoms with Crippen LogP contribution in [0.4, 0.5) is 5.69 Å². The molecule has 0 aliphatic heterocycles. The molecule has 0 bridgehead atoms. The van der Waals surface area contributed by atoms with Crippen LogP contribution in [0.15, 0.2) is 24.3 Å². The summed E-state index contributed by atoms with van der Waals surface area (Å²) in [6, 6.07) is 7.93. The minimum atomic E-state index is -0.194. The number of methoxy groups -OCH3 is 1. The van der Waals surface area contributed by atoms with Crippen LogP contribution < -0.4 is 10.1 Å². The normalized spacial score (nSPS) is 26.6. The Bertz CT molecular complexity index is 423. The Morgan fingerprint density at radius 3 is 2.50 bits per heavy atom. The predicted octanol–water partition coefficient (Wildman–Crippen LogP) is 3.68. The number of aliphatic hydroxyl groups excluding tert-OH is 1. The number of aliphatic hydroxyl groups is 1. The molecule has 0 aromatic heterocycles. The van der Waals surface area contributed by atoms with Gasteiger partial charge in [0.2, 0.25) is 0 Å². The molecule has 2 N–H and O–H groups in total. The SMILES string of the molecule is COc1ccccc1NC1(CO)CCC(C(C)C)CC1. The lowest BCUT2D eigenvalue weighted by Gasteiger charge is -2.41. The predicted molar refractivity (Wildman–Crippen MR) is 83.2 cm³/mol. The average Bonchev–Trinajstić information content (AvgIpc) is 2.48. The number of para-hydroxylation sites is 2. The summed E-state index contributed by atoms with van der Waals surface area (Å²) >= 11 is 0. The molecule has 0 amide bonds. The molecule has 1 saturated carbocycles. The molecule has 20 heavy (non-hydrogen) atoms. The van der Waals surface area contributed by atoms with E-state index < -0.39 is 0 Å². The molecule has 0 heterocycles. The number of rotatable bonds is 5. The molecule has 3 nitrogen and oxygen atoms in total. The Labute approximate surface area is 122 Å². The molecule has 1 fully saturated rings. The van der Waals surface area contributed by atoms with Crippen molar-refractivity contribution in [3.8, 4) is 5.75 Å². The molecule has 1 aliphatic rings. The molecule has 3 heteroatoms. The summed E-state index contributed by atoms with van der Waals surface area (Å²) in [5.74, 6) is 2.36. The van der Waals surface area contributed by atoms with E-state index in [1.807, 2.05) is 24.3 Å². The maximum Gasteiger partial charge on any atom is 0.141 e. The molecule has 0 atom stereocenters. The summed E-state index contributed by atoms with van der Waals surface area (Å²) in [6.07, 6.45) is 4.40. The van der Waals surface area contributed by atoms with Crippen molar-refractivity contribution in [2.45, 2.75) is 45.1 Å². The highest BCUT2D eigenvalue weighted by atomic mass is 16.5. The first kappa shape index (κ1) is 15.2. The van der Waals surface area contributed by atoms with Crippen LogP contribution in [-0.2, 0) is 0 Å². The van der Waals surface area contributed by atoms with E-state index in [4.69, 9.17) is 4.74 Å². The van der Waals surface area contributed by atoms with Gasteiger partial charge in [0.25, 0.3) is 0 Å². The second-order valence-electron chi connectivity index (χ2n) is 6.35.